The van der Waals surface area contributed by atoms with Crippen LogP contribution in [0.1, 0.15) is 31.7 Å². The van der Waals surface area contributed by atoms with E-state index in [1.165, 1.54) is 0 Å². The van der Waals surface area contributed by atoms with Crippen LogP contribution in [0.5, 0.6) is 0 Å². The summed E-state index contributed by atoms with van der Waals surface area (Å²) in [6, 6.07) is 7.52. The third-order valence-electron chi connectivity index (χ3n) is 3.74. The molecule has 2 rings (SSSR count). The molecule has 2 unspecified atom stereocenters. The summed E-state index contributed by atoms with van der Waals surface area (Å²) in [4.78, 5) is 11.3. The summed E-state index contributed by atoms with van der Waals surface area (Å²) in [7, 11) is 0. The van der Waals surface area contributed by atoms with E-state index in [-0.39, 0.29) is 11.3 Å². The fraction of sp³-hybridized carbons (Fsp3) is 0.462. The number of piperidine rings is 1. The molecule has 17 heavy (non-hydrogen) atoms. The zero-order chi connectivity index (χ0) is 12.5. The molecule has 0 aromatic heterocycles. The second kappa shape index (κ2) is 4.37. The number of anilines is 1. The number of carbonyl (C=O) groups is 1. The van der Waals surface area contributed by atoms with Gasteiger partial charge < -0.3 is 16.2 Å². The molecule has 0 radical (unpaired) electrons. The van der Waals surface area contributed by atoms with E-state index in [1.54, 1.807) is 0 Å². The number of aliphatic hydroxyl groups excluding tert-OH is 1. The number of nitrogens with one attached hydrogen (secondary N) is 1. The van der Waals surface area contributed by atoms with Gasteiger partial charge in [-0.1, -0.05) is 19.1 Å². The summed E-state index contributed by atoms with van der Waals surface area (Å²) < 4.78 is 0. The highest BCUT2D eigenvalue weighted by atomic mass is 16.3. The number of carbonyl (C=O) groups excluding carboxylic acids is 1. The van der Waals surface area contributed by atoms with E-state index >= 15 is 0 Å². The van der Waals surface area contributed by atoms with Crippen LogP contribution in [0, 0.1) is 0 Å². The van der Waals surface area contributed by atoms with E-state index in [0.717, 1.165) is 12.0 Å². The monoisotopic (exact) mass is 234 g/mol. The van der Waals surface area contributed by atoms with Crippen LogP contribution in [0.25, 0.3) is 0 Å². The molecular weight excluding hydrogens is 216 g/mol. The molecule has 1 heterocycles. The maximum Gasteiger partial charge on any atom is 0.222 e. The van der Waals surface area contributed by atoms with E-state index in [4.69, 9.17) is 5.73 Å². The lowest BCUT2D eigenvalue weighted by molar-refractivity contribution is -0.130. The SMILES string of the molecule is CCC1(c2ccc(N)cc2)CCC(=O)NC1O. The number of nitrogen functional groups attached to an aromatic ring is 1. The van der Waals surface area contributed by atoms with Gasteiger partial charge in [0, 0.05) is 17.5 Å². The Bertz CT molecular complexity index is 416. The zero-order valence-electron chi connectivity index (χ0n) is 9.94. The number of benzene rings is 1. The molecule has 1 aliphatic rings. The van der Waals surface area contributed by atoms with Gasteiger partial charge in [-0.05, 0) is 30.5 Å². The third-order valence-corrected chi connectivity index (χ3v) is 3.74. The minimum Gasteiger partial charge on any atom is -0.399 e. The van der Waals surface area contributed by atoms with Gasteiger partial charge in [-0.25, -0.2) is 0 Å². The number of amides is 1. The first kappa shape index (κ1) is 11.9. The summed E-state index contributed by atoms with van der Waals surface area (Å²) >= 11 is 0. The topological polar surface area (TPSA) is 75.4 Å². The second-order valence-corrected chi connectivity index (χ2v) is 4.60. The Kier molecular flexibility index (Phi) is 3.07. The number of hydrogen-bond acceptors (Lipinski definition) is 3. The van der Waals surface area contributed by atoms with Crippen LogP contribution in [0.15, 0.2) is 24.3 Å². The van der Waals surface area contributed by atoms with Crippen LogP contribution < -0.4 is 11.1 Å². The Morgan fingerprint density at radius 3 is 2.65 bits per heavy atom. The van der Waals surface area contributed by atoms with Crippen molar-refractivity contribution in [2.75, 3.05) is 5.73 Å². The molecule has 0 saturated carbocycles. The average Bonchev–Trinajstić information content (AvgIpc) is 2.31. The van der Waals surface area contributed by atoms with Gasteiger partial charge >= 0.3 is 0 Å². The average molecular weight is 234 g/mol. The first-order chi connectivity index (χ1) is 8.08. The van der Waals surface area contributed by atoms with Crippen LogP contribution in [0.2, 0.25) is 0 Å². The van der Waals surface area contributed by atoms with E-state index < -0.39 is 6.23 Å². The minimum atomic E-state index is -0.822. The van der Waals surface area contributed by atoms with E-state index in [0.29, 0.717) is 18.5 Å². The summed E-state index contributed by atoms with van der Waals surface area (Å²) in [5.74, 6) is -0.0861. The predicted octanol–water partition coefficient (Wildman–Crippen LogP) is 1.14. The summed E-state index contributed by atoms with van der Waals surface area (Å²) in [6.07, 6.45) is 1.08. The highest BCUT2D eigenvalue weighted by Crippen LogP contribution is 2.38. The van der Waals surface area contributed by atoms with Crippen molar-refractivity contribution < 1.29 is 9.90 Å². The van der Waals surface area contributed by atoms with Crippen LogP contribution >= 0.6 is 0 Å². The molecule has 1 aliphatic heterocycles. The van der Waals surface area contributed by atoms with Crippen molar-refractivity contribution in [1.29, 1.82) is 0 Å². The molecule has 1 saturated heterocycles. The van der Waals surface area contributed by atoms with Gasteiger partial charge in [0.2, 0.25) is 5.91 Å². The Morgan fingerprint density at radius 1 is 1.47 bits per heavy atom. The van der Waals surface area contributed by atoms with Crippen molar-refractivity contribution in [3.8, 4) is 0 Å². The molecule has 0 bridgehead atoms. The normalized spacial score (nSPS) is 28.8. The van der Waals surface area contributed by atoms with Gasteiger partial charge in [0.05, 0.1) is 0 Å². The lowest BCUT2D eigenvalue weighted by Crippen LogP contribution is -2.54. The number of nitrogens with two attached hydrogens (primary N) is 1. The van der Waals surface area contributed by atoms with Gasteiger partial charge in [-0.15, -0.1) is 0 Å². The molecule has 0 spiro atoms. The van der Waals surface area contributed by atoms with Crippen LogP contribution in [0.4, 0.5) is 5.69 Å². The van der Waals surface area contributed by atoms with Crippen molar-refractivity contribution in [3.05, 3.63) is 29.8 Å². The van der Waals surface area contributed by atoms with E-state index in [9.17, 15) is 9.90 Å². The van der Waals surface area contributed by atoms with Gasteiger partial charge in [0.25, 0.3) is 0 Å². The molecule has 4 N–H and O–H groups in total. The molecule has 1 fully saturated rings. The van der Waals surface area contributed by atoms with Crippen LogP contribution in [-0.2, 0) is 10.2 Å². The predicted molar refractivity (Wildman–Crippen MR) is 66.2 cm³/mol. The standard InChI is InChI=1S/C13H18N2O2/c1-2-13(8-7-11(16)15-12(13)17)9-3-5-10(14)6-4-9/h3-6,12,17H,2,7-8,14H2,1H3,(H,15,16). The minimum absolute atomic E-state index is 0.0861. The van der Waals surface area contributed by atoms with Crippen molar-refractivity contribution >= 4 is 11.6 Å². The molecule has 4 nitrogen and oxygen atoms in total. The zero-order valence-corrected chi connectivity index (χ0v) is 9.94. The quantitative estimate of drug-likeness (QED) is 0.672. The Hall–Kier alpha value is -1.55. The van der Waals surface area contributed by atoms with E-state index in [2.05, 4.69) is 5.32 Å². The highest BCUT2D eigenvalue weighted by Gasteiger charge is 2.42. The molecule has 1 aromatic rings. The molecule has 92 valence electrons. The molecular formula is C13H18N2O2. The van der Waals surface area contributed by atoms with Crippen molar-refractivity contribution in [1.82, 2.24) is 5.32 Å². The Labute approximate surface area is 101 Å². The lowest BCUT2D eigenvalue weighted by atomic mass is 9.71. The van der Waals surface area contributed by atoms with Gasteiger partial charge in [-0.3, -0.25) is 4.79 Å². The van der Waals surface area contributed by atoms with Crippen LogP contribution in [0.3, 0.4) is 0 Å². The number of aliphatic hydroxyl groups is 1. The fourth-order valence-corrected chi connectivity index (χ4v) is 2.53. The maximum atomic E-state index is 11.3. The first-order valence-corrected chi connectivity index (χ1v) is 5.92. The van der Waals surface area contributed by atoms with E-state index in [1.807, 2.05) is 31.2 Å². The maximum absolute atomic E-state index is 11.3. The molecule has 1 aromatic carbocycles. The van der Waals surface area contributed by atoms with Crippen LogP contribution in [-0.4, -0.2) is 17.2 Å². The van der Waals surface area contributed by atoms with Gasteiger partial charge in [0.1, 0.15) is 6.23 Å². The lowest BCUT2D eigenvalue weighted by Gasteiger charge is -2.41. The number of hydrogen-bond donors (Lipinski definition) is 3. The third kappa shape index (κ3) is 2.00. The highest BCUT2D eigenvalue weighted by molar-refractivity contribution is 5.77. The summed E-state index contributed by atoms with van der Waals surface area (Å²) in [5, 5.41) is 12.8. The molecule has 0 aliphatic carbocycles. The largest absolute Gasteiger partial charge is 0.399 e. The summed E-state index contributed by atoms with van der Waals surface area (Å²) in [5.41, 5.74) is 7.01. The van der Waals surface area contributed by atoms with Crippen molar-refractivity contribution in [2.24, 2.45) is 0 Å². The Balaban J connectivity index is 2.36. The first-order valence-electron chi connectivity index (χ1n) is 5.92. The van der Waals surface area contributed by atoms with Gasteiger partial charge in [-0.2, -0.15) is 0 Å². The smallest absolute Gasteiger partial charge is 0.222 e. The van der Waals surface area contributed by atoms with Crippen molar-refractivity contribution in [3.63, 3.8) is 0 Å². The second-order valence-electron chi connectivity index (χ2n) is 4.60. The fourth-order valence-electron chi connectivity index (χ4n) is 2.53. The molecule has 1 amide bonds. The van der Waals surface area contributed by atoms with Gasteiger partial charge in [0.15, 0.2) is 0 Å². The van der Waals surface area contributed by atoms with Crippen molar-refractivity contribution in [2.45, 2.75) is 37.8 Å². The number of rotatable bonds is 2. The Morgan fingerprint density at radius 2 is 2.12 bits per heavy atom. The summed E-state index contributed by atoms with van der Waals surface area (Å²) in [6.45, 7) is 2.02. The molecule has 4 heteroatoms. The molecule has 2 atom stereocenters.